The van der Waals surface area contributed by atoms with Gasteiger partial charge < -0.3 is 5.48 Å². The van der Waals surface area contributed by atoms with Gasteiger partial charge >= 0.3 is 6.18 Å². The zero-order valence-corrected chi connectivity index (χ0v) is 5.66. The van der Waals surface area contributed by atoms with Crippen molar-refractivity contribution in [1.82, 2.24) is 0 Å². The monoisotopic (exact) mass is 172 g/mol. The summed E-state index contributed by atoms with van der Waals surface area (Å²) in [6.07, 6.45) is -5.92. The minimum atomic E-state index is -4.87. The molecule has 0 spiro atoms. The van der Waals surface area contributed by atoms with Crippen LogP contribution in [0.25, 0.3) is 0 Å². The normalized spacial score (nSPS) is 10.2. The highest BCUT2D eigenvalue weighted by Gasteiger charge is 2.38. The Kier molecular flexibility index (Phi) is 4.71. The predicted octanol–water partition coefficient (Wildman–Crippen LogP) is 0.272. The Hall–Kier alpha value is -0.910. The van der Waals surface area contributed by atoms with Crippen molar-refractivity contribution in [2.45, 2.75) is 19.5 Å². The Bertz CT molecular complexity index is 161. The van der Waals surface area contributed by atoms with Crippen LogP contribution in [0.4, 0.5) is 13.2 Å². The Labute approximate surface area is 60.5 Å². The van der Waals surface area contributed by atoms with Crippen LogP contribution < -0.4 is 0 Å². The second-order valence-corrected chi connectivity index (χ2v) is 1.80. The van der Waals surface area contributed by atoms with Gasteiger partial charge in [0.1, 0.15) is 5.78 Å². The minimum absolute atomic E-state index is 0. The summed E-state index contributed by atoms with van der Waals surface area (Å²) in [5, 5.41) is 0. The average molecular weight is 172 g/mol. The third-order valence-corrected chi connectivity index (χ3v) is 0.726. The highest BCUT2D eigenvalue weighted by atomic mass is 19.4. The lowest BCUT2D eigenvalue weighted by molar-refractivity contribution is -0.171. The Balaban J connectivity index is 0. The molecular weight excluding hydrogens is 165 g/mol. The fourth-order valence-electron chi connectivity index (χ4n) is 0.326. The zero-order valence-electron chi connectivity index (χ0n) is 5.66. The number of carbonyl (C=O) groups excluding carboxylic acids is 2. The molecule has 0 aliphatic heterocycles. The maximum atomic E-state index is 11.3. The van der Waals surface area contributed by atoms with Gasteiger partial charge in [0, 0.05) is 0 Å². The molecule has 0 aromatic carbocycles. The van der Waals surface area contributed by atoms with Crippen LogP contribution in [0.5, 0.6) is 0 Å². The van der Waals surface area contributed by atoms with Crippen molar-refractivity contribution in [2.24, 2.45) is 0 Å². The van der Waals surface area contributed by atoms with E-state index in [0.717, 1.165) is 6.92 Å². The molecule has 0 fully saturated rings. The number of rotatable bonds is 2. The van der Waals surface area contributed by atoms with Crippen molar-refractivity contribution < 1.29 is 28.2 Å². The molecule has 0 aliphatic rings. The number of Topliss-reactive ketones (excluding diaryl/α,β-unsaturated/α-hetero) is 2. The molecule has 0 unspecified atom stereocenters. The van der Waals surface area contributed by atoms with E-state index in [0.29, 0.717) is 0 Å². The van der Waals surface area contributed by atoms with Gasteiger partial charge in [0.15, 0.2) is 0 Å². The average Bonchev–Trinajstić information content (AvgIpc) is 1.60. The summed E-state index contributed by atoms with van der Waals surface area (Å²) in [7, 11) is 0. The smallest absolute Gasteiger partial charge is 0.412 e. The maximum absolute atomic E-state index is 11.3. The van der Waals surface area contributed by atoms with Crippen molar-refractivity contribution in [2.75, 3.05) is 0 Å². The van der Waals surface area contributed by atoms with Crippen molar-refractivity contribution in [3.05, 3.63) is 0 Å². The number of hydrogen-bond donors (Lipinski definition) is 0. The zero-order chi connectivity index (χ0) is 8.36. The van der Waals surface area contributed by atoms with Gasteiger partial charge in [-0.25, -0.2) is 0 Å². The van der Waals surface area contributed by atoms with E-state index in [1.54, 1.807) is 0 Å². The molecule has 0 aromatic heterocycles. The van der Waals surface area contributed by atoms with E-state index in [4.69, 9.17) is 0 Å². The standard InChI is InChI=1S/C5H5F3O2.H2O/c1-3(9)2-4(10)5(6,7)8;/h2H2,1H3;1H2. The Morgan fingerprint density at radius 2 is 1.64 bits per heavy atom. The molecule has 0 aromatic rings. The second kappa shape index (κ2) is 4.07. The minimum Gasteiger partial charge on any atom is -0.412 e. The Morgan fingerprint density at radius 3 is 1.73 bits per heavy atom. The summed E-state index contributed by atoms with van der Waals surface area (Å²) in [6.45, 7) is 0.934. The molecule has 6 heteroatoms. The summed E-state index contributed by atoms with van der Waals surface area (Å²) in [5.41, 5.74) is 0. The van der Waals surface area contributed by atoms with E-state index in [-0.39, 0.29) is 5.48 Å². The summed E-state index contributed by atoms with van der Waals surface area (Å²) in [5.74, 6) is -2.76. The van der Waals surface area contributed by atoms with E-state index in [1.165, 1.54) is 0 Å². The van der Waals surface area contributed by atoms with Crippen LogP contribution in [0.1, 0.15) is 13.3 Å². The maximum Gasteiger partial charge on any atom is 0.450 e. The van der Waals surface area contributed by atoms with Gasteiger partial charge in [0.05, 0.1) is 6.42 Å². The van der Waals surface area contributed by atoms with Crippen LogP contribution >= 0.6 is 0 Å². The first kappa shape index (κ1) is 12.7. The first-order chi connectivity index (χ1) is 4.34. The van der Waals surface area contributed by atoms with E-state index in [9.17, 15) is 22.8 Å². The molecular formula is C5H7F3O3. The van der Waals surface area contributed by atoms with Gasteiger partial charge in [-0.15, -0.1) is 0 Å². The summed E-state index contributed by atoms with van der Waals surface area (Å²) in [6, 6.07) is 0. The quantitative estimate of drug-likeness (QED) is 0.561. The third-order valence-electron chi connectivity index (χ3n) is 0.726. The molecule has 66 valence electrons. The number of hydrogen-bond acceptors (Lipinski definition) is 2. The fraction of sp³-hybridized carbons (Fsp3) is 0.600. The van der Waals surface area contributed by atoms with Crippen molar-refractivity contribution in [3.8, 4) is 0 Å². The molecule has 0 atom stereocenters. The molecule has 3 nitrogen and oxygen atoms in total. The molecule has 0 amide bonds. The largest absolute Gasteiger partial charge is 0.450 e. The lowest BCUT2D eigenvalue weighted by Crippen LogP contribution is -2.24. The molecule has 0 heterocycles. The van der Waals surface area contributed by atoms with E-state index in [1.807, 2.05) is 0 Å². The fourth-order valence-corrected chi connectivity index (χ4v) is 0.326. The van der Waals surface area contributed by atoms with E-state index < -0.39 is 24.2 Å². The number of alkyl halides is 3. The topological polar surface area (TPSA) is 65.6 Å². The first-order valence-electron chi connectivity index (χ1n) is 2.43. The molecule has 0 saturated carbocycles. The van der Waals surface area contributed by atoms with Crippen LogP contribution in [-0.4, -0.2) is 23.2 Å². The first-order valence-corrected chi connectivity index (χ1v) is 2.43. The molecule has 0 saturated heterocycles. The van der Waals surface area contributed by atoms with E-state index in [2.05, 4.69) is 0 Å². The van der Waals surface area contributed by atoms with Gasteiger partial charge in [0.2, 0.25) is 5.78 Å². The molecule has 2 N–H and O–H groups in total. The molecule has 0 aliphatic carbocycles. The van der Waals surface area contributed by atoms with Crippen LogP contribution in [0.3, 0.4) is 0 Å². The van der Waals surface area contributed by atoms with Crippen molar-refractivity contribution in [3.63, 3.8) is 0 Å². The van der Waals surface area contributed by atoms with Gasteiger partial charge in [0.25, 0.3) is 0 Å². The van der Waals surface area contributed by atoms with Crippen LogP contribution in [0, 0.1) is 0 Å². The number of halogens is 3. The number of carbonyl (C=O) groups is 2. The van der Waals surface area contributed by atoms with Gasteiger partial charge in [-0.2, -0.15) is 13.2 Å². The number of ketones is 2. The van der Waals surface area contributed by atoms with Gasteiger partial charge in [-0.3, -0.25) is 9.59 Å². The molecule has 0 rings (SSSR count). The van der Waals surface area contributed by atoms with Crippen LogP contribution in [0.15, 0.2) is 0 Å². The summed E-state index contributed by atoms with van der Waals surface area (Å²) >= 11 is 0. The molecule has 0 radical (unpaired) electrons. The van der Waals surface area contributed by atoms with E-state index >= 15 is 0 Å². The molecule has 0 bridgehead atoms. The lowest BCUT2D eigenvalue weighted by atomic mass is 10.2. The highest BCUT2D eigenvalue weighted by Crippen LogP contribution is 2.17. The lowest BCUT2D eigenvalue weighted by Gasteiger charge is -2.00. The summed E-state index contributed by atoms with van der Waals surface area (Å²) in [4.78, 5) is 19.9. The van der Waals surface area contributed by atoms with Crippen LogP contribution in [0.2, 0.25) is 0 Å². The highest BCUT2D eigenvalue weighted by molar-refractivity contribution is 6.00. The SMILES string of the molecule is CC(=O)CC(=O)C(F)(F)F.O. The summed E-state index contributed by atoms with van der Waals surface area (Å²) < 4.78 is 33.9. The second-order valence-electron chi connectivity index (χ2n) is 1.80. The predicted molar refractivity (Wildman–Crippen MR) is 30.0 cm³/mol. The van der Waals surface area contributed by atoms with Crippen molar-refractivity contribution >= 4 is 11.6 Å². The third kappa shape index (κ3) is 5.53. The Morgan fingerprint density at radius 1 is 1.27 bits per heavy atom. The van der Waals surface area contributed by atoms with Gasteiger partial charge in [-0.1, -0.05) is 0 Å². The molecule has 11 heavy (non-hydrogen) atoms. The van der Waals surface area contributed by atoms with Crippen molar-refractivity contribution in [1.29, 1.82) is 0 Å². The van der Waals surface area contributed by atoms with Crippen LogP contribution in [-0.2, 0) is 9.59 Å². The van der Waals surface area contributed by atoms with Gasteiger partial charge in [-0.05, 0) is 6.92 Å².